The van der Waals surface area contributed by atoms with Crippen LogP contribution >= 0.6 is 0 Å². The monoisotopic (exact) mass is 420 g/mol. The highest BCUT2D eigenvalue weighted by molar-refractivity contribution is 6.07. The summed E-state index contributed by atoms with van der Waals surface area (Å²) in [7, 11) is 0. The van der Waals surface area contributed by atoms with Crippen LogP contribution in [0.25, 0.3) is 0 Å². The molecule has 0 spiro atoms. The van der Waals surface area contributed by atoms with E-state index in [0.29, 0.717) is 6.54 Å². The highest BCUT2D eigenvalue weighted by Crippen LogP contribution is 2.38. The maximum atomic E-state index is 12.8. The van der Waals surface area contributed by atoms with Gasteiger partial charge in [0, 0.05) is 11.3 Å². The molecular formula is C24H28N4O3. The van der Waals surface area contributed by atoms with Gasteiger partial charge in [0.15, 0.2) is 0 Å². The van der Waals surface area contributed by atoms with E-state index in [9.17, 15) is 14.4 Å². The number of likely N-dealkylation sites (tertiary alicyclic amines) is 1. The van der Waals surface area contributed by atoms with Crippen molar-refractivity contribution >= 4 is 17.7 Å². The number of aromatic nitrogens is 2. The lowest BCUT2D eigenvalue weighted by Gasteiger charge is -2.25. The fourth-order valence-electron chi connectivity index (χ4n) is 5.43. The first-order valence-electron chi connectivity index (χ1n) is 11.3. The normalized spacial score (nSPS) is 25.3. The van der Waals surface area contributed by atoms with Gasteiger partial charge in [-0.2, -0.15) is 5.10 Å². The predicted octanol–water partition coefficient (Wildman–Crippen LogP) is 2.60. The Bertz CT molecular complexity index is 976. The summed E-state index contributed by atoms with van der Waals surface area (Å²) in [6.07, 6.45) is 8.08. The third-order valence-corrected chi connectivity index (χ3v) is 7.01. The standard InChI is InChI=1S/C24H28N4O3/c29-22(15-27-23(30)17-9-4-5-10-18(17)24(27)31)26-20-11-6-12-21-19(20)13-25-28(21)14-16-7-2-1-3-8-16/h1-3,7-8,13,17-18,20H,4-6,9-12,14-15H2,(H,26,29)/t17-,18+,20-/m0/s1. The van der Waals surface area contributed by atoms with Crippen molar-refractivity contribution in [2.75, 3.05) is 6.54 Å². The van der Waals surface area contributed by atoms with Crippen LogP contribution in [0, 0.1) is 11.8 Å². The second-order valence-electron chi connectivity index (χ2n) is 8.96. The first-order chi connectivity index (χ1) is 15.1. The average Bonchev–Trinajstić information content (AvgIpc) is 3.30. The number of hydrogen-bond donors (Lipinski definition) is 1. The number of carbonyl (C=O) groups is 3. The van der Waals surface area contributed by atoms with E-state index in [-0.39, 0.29) is 42.1 Å². The van der Waals surface area contributed by atoms with E-state index in [4.69, 9.17) is 0 Å². The average molecular weight is 421 g/mol. The third kappa shape index (κ3) is 3.77. The summed E-state index contributed by atoms with van der Waals surface area (Å²) < 4.78 is 2.02. The van der Waals surface area contributed by atoms with Gasteiger partial charge in [-0.15, -0.1) is 0 Å². The first kappa shape index (κ1) is 20.0. The molecule has 0 radical (unpaired) electrons. The van der Waals surface area contributed by atoms with Gasteiger partial charge in [-0.1, -0.05) is 43.2 Å². The van der Waals surface area contributed by atoms with Crippen LogP contribution in [0.5, 0.6) is 0 Å². The molecule has 2 fully saturated rings. The molecule has 7 heteroatoms. The minimum absolute atomic E-state index is 0.129. The van der Waals surface area contributed by atoms with Gasteiger partial charge >= 0.3 is 0 Å². The Balaban J connectivity index is 1.26. The number of rotatable bonds is 5. The largest absolute Gasteiger partial charge is 0.348 e. The van der Waals surface area contributed by atoms with Gasteiger partial charge in [0.1, 0.15) is 6.54 Å². The second-order valence-corrected chi connectivity index (χ2v) is 8.96. The van der Waals surface area contributed by atoms with E-state index < -0.39 is 0 Å². The molecule has 2 aromatic rings. The van der Waals surface area contributed by atoms with Gasteiger partial charge in [0.25, 0.3) is 0 Å². The number of carbonyl (C=O) groups excluding carboxylic acids is 3. The quantitative estimate of drug-likeness (QED) is 0.754. The van der Waals surface area contributed by atoms with Crippen molar-refractivity contribution in [1.82, 2.24) is 20.0 Å². The fourth-order valence-corrected chi connectivity index (χ4v) is 5.43. The van der Waals surface area contributed by atoms with Crippen LogP contribution in [0.2, 0.25) is 0 Å². The molecule has 3 atom stereocenters. The Hall–Kier alpha value is -2.96. The van der Waals surface area contributed by atoms with Gasteiger partial charge in [0.2, 0.25) is 17.7 Å². The van der Waals surface area contributed by atoms with Crippen molar-refractivity contribution in [3.63, 3.8) is 0 Å². The molecule has 2 aliphatic carbocycles. The van der Waals surface area contributed by atoms with Crippen LogP contribution in [-0.2, 0) is 27.3 Å². The van der Waals surface area contributed by atoms with E-state index in [2.05, 4.69) is 22.5 Å². The molecule has 1 saturated carbocycles. The molecule has 3 amide bonds. The van der Waals surface area contributed by atoms with Crippen LogP contribution in [0.3, 0.4) is 0 Å². The molecular weight excluding hydrogens is 392 g/mol. The van der Waals surface area contributed by atoms with Crippen LogP contribution in [-0.4, -0.2) is 38.9 Å². The maximum absolute atomic E-state index is 12.8. The zero-order valence-corrected chi connectivity index (χ0v) is 17.6. The Morgan fingerprint density at radius 1 is 1.00 bits per heavy atom. The van der Waals surface area contributed by atoms with Gasteiger partial charge in [-0.25, -0.2) is 0 Å². The highest BCUT2D eigenvalue weighted by atomic mass is 16.2. The number of benzene rings is 1. The Morgan fingerprint density at radius 2 is 1.71 bits per heavy atom. The molecule has 0 unspecified atom stereocenters. The lowest BCUT2D eigenvalue weighted by molar-refractivity contribution is -0.143. The zero-order valence-electron chi connectivity index (χ0n) is 17.6. The van der Waals surface area contributed by atoms with Crippen molar-refractivity contribution in [1.29, 1.82) is 0 Å². The molecule has 162 valence electrons. The van der Waals surface area contributed by atoms with Gasteiger partial charge < -0.3 is 5.32 Å². The molecule has 1 aromatic carbocycles. The fraction of sp³-hybridized carbons (Fsp3) is 0.500. The smallest absolute Gasteiger partial charge is 0.240 e. The van der Waals surface area contributed by atoms with Crippen LogP contribution in [0.15, 0.2) is 36.5 Å². The molecule has 1 aromatic heterocycles. The second kappa shape index (κ2) is 8.29. The number of imide groups is 1. The molecule has 7 nitrogen and oxygen atoms in total. The van der Waals surface area contributed by atoms with Crippen molar-refractivity contribution in [3.8, 4) is 0 Å². The van der Waals surface area contributed by atoms with Crippen LogP contribution in [0.1, 0.15) is 61.4 Å². The molecule has 0 bridgehead atoms. The lowest BCUT2D eigenvalue weighted by atomic mass is 9.81. The van der Waals surface area contributed by atoms with Crippen molar-refractivity contribution in [2.45, 2.75) is 57.5 Å². The summed E-state index contributed by atoms with van der Waals surface area (Å²) in [6, 6.07) is 10.1. The molecule has 1 N–H and O–H groups in total. The minimum Gasteiger partial charge on any atom is -0.348 e. The summed E-state index contributed by atoms with van der Waals surface area (Å²) in [5, 5.41) is 7.64. The first-order valence-corrected chi connectivity index (χ1v) is 11.3. The topological polar surface area (TPSA) is 84.3 Å². The zero-order chi connectivity index (χ0) is 21.4. The van der Waals surface area contributed by atoms with Gasteiger partial charge in [0.05, 0.1) is 30.6 Å². The maximum Gasteiger partial charge on any atom is 0.240 e. The molecule has 5 rings (SSSR count). The summed E-state index contributed by atoms with van der Waals surface area (Å²) >= 11 is 0. The Kier molecular flexibility index (Phi) is 5.34. The van der Waals surface area contributed by atoms with E-state index in [1.807, 2.05) is 29.1 Å². The van der Waals surface area contributed by atoms with Crippen LogP contribution in [0.4, 0.5) is 0 Å². The summed E-state index contributed by atoms with van der Waals surface area (Å²) in [6.45, 7) is 0.533. The molecule has 1 aliphatic heterocycles. The van der Waals surface area contributed by atoms with E-state index in [1.165, 1.54) is 10.5 Å². The Labute approximate surface area is 181 Å². The lowest BCUT2D eigenvalue weighted by Crippen LogP contribution is -2.42. The SMILES string of the molecule is O=C(CN1C(=O)[C@H]2CCCC[C@H]2C1=O)N[C@H]1CCCc2c1cnn2Cc1ccccc1. The minimum atomic E-state index is -0.269. The summed E-state index contributed by atoms with van der Waals surface area (Å²) in [4.78, 5) is 39.3. The molecule has 3 aliphatic rings. The summed E-state index contributed by atoms with van der Waals surface area (Å²) in [5.41, 5.74) is 3.38. The van der Waals surface area contributed by atoms with Gasteiger partial charge in [-0.05, 0) is 37.7 Å². The number of amides is 3. The number of nitrogens with one attached hydrogen (secondary N) is 1. The number of fused-ring (bicyclic) bond motifs is 2. The van der Waals surface area contributed by atoms with Gasteiger partial charge in [-0.3, -0.25) is 24.0 Å². The molecule has 1 saturated heterocycles. The summed E-state index contributed by atoms with van der Waals surface area (Å²) in [5.74, 6) is -1.03. The van der Waals surface area contributed by atoms with Crippen LogP contribution < -0.4 is 5.32 Å². The molecule has 2 heterocycles. The number of hydrogen-bond acceptors (Lipinski definition) is 4. The van der Waals surface area contributed by atoms with Crippen molar-refractivity contribution < 1.29 is 14.4 Å². The predicted molar refractivity (Wildman–Crippen MR) is 114 cm³/mol. The molecule has 31 heavy (non-hydrogen) atoms. The van der Waals surface area contributed by atoms with E-state index in [0.717, 1.165) is 56.2 Å². The Morgan fingerprint density at radius 3 is 2.42 bits per heavy atom. The number of nitrogens with zero attached hydrogens (tertiary/aromatic N) is 3. The highest BCUT2D eigenvalue weighted by Gasteiger charge is 2.48. The third-order valence-electron chi connectivity index (χ3n) is 7.01. The van der Waals surface area contributed by atoms with Crippen molar-refractivity contribution in [2.24, 2.45) is 11.8 Å². The van der Waals surface area contributed by atoms with E-state index >= 15 is 0 Å². The van der Waals surface area contributed by atoms with E-state index in [1.54, 1.807) is 0 Å². The van der Waals surface area contributed by atoms with Crippen molar-refractivity contribution in [3.05, 3.63) is 53.3 Å².